The van der Waals surface area contributed by atoms with Crippen molar-refractivity contribution in [2.24, 2.45) is 0 Å². The van der Waals surface area contributed by atoms with E-state index in [4.69, 9.17) is 9.84 Å². The van der Waals surface area contributed by atoms with Gasteiger partial charge in [-0.3, -0.25) is 0 Å². The third kappa shape index (κ3) is 7.30. The summed E-state index contributed by atoms with van der Waals surface area (Å²) in [5, 5.41) is 8.27. The van der Waals surface area contributed by atoms with Crippen LogP contribution in [0.15, 0.2) is 0 Å². The lowest BCUT2D eigenvalue weighted by Gasteiger charge is -2.04. The second-order valence-corrected chi connectivity index (χ2v) is 1.87. The van der Waals surface area contributed by atoms with Crippen LogP contribution in [0.4, 0.5) is 4.79 Å². The number of hydrogen-bond donors (Lipinski definition) is 1. The number of aliphatic hydroxyl groups excluding tert-OH is 1. The van der Waals surface area contributed by atoms with Crippen molar-refractivity contribution in [3.05, 3.63) is 0 Å². The molecule has 0 atom stereocenters. The predicted octanol–water partition coefficient (Wildman–Crippen LogP) is 0.168. The maximum atomic E-state index is 10.6. The van der Waals surface area contributed by atoms with Gasteiger partial charge in [-0.05, 0) is 6.92 Å². The number of carbonyl (C=O) groups is 1. The molecule has 0 aliphatic rings. The summed E-state index contributed by atoms with van der Waals surface area (Å²) in [6, 6.07) is 0. The highest BCUT2D eigenvalue weighted by atomic mass is 16.7. The van der Waals surface area contributed by atoms with Gasteiger partial charge in [0.2, 0.25) is 0 Å². The lowest BCUT2D eigenvalue weighted by Crippen LogP contribution is -2.13. The summed E-state index contributed by atoms with van der Waals surface area (Å²) < 4.78 is 13.9. The molecule has 0 aliphatic carbocycles. The highest BCUT2D eigenvalue weighted by Crippen LogP contribution is 1.85. The highest BCUT2D eigenvalue weighted by molar-refractivity contribution is 5.59. The fourth-order valence-corrected chi connectivity index (χ4v) is 0.499. The topological polar surface area (TPSA) is 65.0 Å². The number of aliphatic hydroxyl groups is 1. The smallest absolute Gasteiger partial charge is 0.432 e. The lowest BCUT2D eigenvalue weighted by molar-refractivity contribution is 0.0222. The van der Waals surface area contributed by atoms with Gasteiger partial charge in [0.05, 0.1) is 13.2 Å². The molecule has 0 aromatic carbocycles. The quantitative estimate of drug-likeness (QED) is 0.464. The first kappa shape index (κ1) is 11.2. The summed E-state index contributed by atoms with van der Waals surface area (Å²) >= 11 is 0. The first-order valence-electron chi connectivity index (χ1n) is 3.79. The summed E-state index contributed by atoms with van der Waals surface area (Å²) in [5.74, 6) is 0. The molecule has 0 radical (unpaired) electrons. The van der Waals surface area contributed by atoms with Crippen LogP contribution in [0.1, 0.15) is 6.92 Å². The Kier molecular flexibility index (Phi) is 7.73. The molecule has 0 aromatic rings. The first-order valence-corrected chi connectivity index (χ1v) is 3.79. The zero-order chi connectivity index (χ0) is 9.23. The summed E-state index contributed by atoms with van der Waals surface area (Å²) in [7, 11) is 0. The van der Waals surface area contributed by atoms with Gasteiger partial charge in [0.25, 0.3) is 0 Å². The molecule has 0 amide bonds. The van der Waals surface area contributed by atoms with Crippen LogP contribution in [0, 0.1) is 0 Å². The first-order chi connectivity index (χ1) is 5.81. The fourth-order valence-electron chi connectivity index (χ4n) is 0.499. The number of rotatable bonds is 6. The lowest BCUT2D eigenvalue weighted by atomic mass is 10.7. The molecule has 0 unspecified atom stereocenters. The Hall–Kier alpha value is -0.810. The van der Waals surface area contributed by atoms with E-state index in [1.165, 1.54) is 0 Å². The maximum absolute atomic E-state index is 10.6. The Labute approximate surface area is 71.2 Å². The molecule has 0 rings (SSSR count). The highest BCUT2D eigenvalue weighted by Gasteiger charge is 2.01. The molecular weight excluding hydrogens is 164 g/mol. The Bertz CT molecular complexity index is 114. The Morgan fingerprint density at radius 1 is 1.25 bits per heavy atom. The van der Waals surface area contributed by atoms with Gasteiger partial charge < -0.3 is 19.3 Å². The third-order valence-electron chi connectivity index (χ3n) is 0.963. The zero-order valence-corrected chi connectivity index (χ0v) is 7.12. The summed E-state index contributed by atoms with van der Waals surface area (Å²) in [4.78, 5) is 10.6. The summed E-state index contributed by atoms with van der Waals surface area (Å²) in [6.45, 7) is 2.76. The van der Waals surface area contributed by atoms with E-state index in [0.29, 0.717) is 13.2 Å². The van der Waals surface area contributed by atoms with E-state index >= 15 is 0 Å². The van der Waals surface area contributed by atoms with Crippen molar-refractivity contribution in [1.29, 1.82) is 0 Å². The summed E-state index contributed by atoms with van der Waals surface area (Å²) in [6.07, 6.45) is -0.774. The average Bonchev–Trinajstić information content (AvgIpc) is 2.09. The van der Waals surface area contributed by atoms with Crippen LogP contribution in [0.5, 0.6) is 0 Å². The number of ether oxygens (including phenoxy) is 3. The molecule has 0 aliphatic heterocycles. The van der Waals surface area contributed by atoms with Gasteiger partial charge in [-0.1, -0.05) is 0 Å². The van der Waals surface area contributed by atoms with Crippen molar-refractivity contribution >= 4 is 6.16 Å². The molecule has 72 valence electrons. The minimum atomic E-state index is -0.774. The van der Waals surface area contributed by atoms with Gasteiger partial charge in [-0.15, -0.1) is 0 Å². The van der Waals surface area contributed by atoms with Gasteiger partial charge in [0.1, 0.15) is 13.2 Å². The van der Waals surface area contributed by atoms with Crippen LogP contribution in [-0.4, -0.2) is 44.3 Å². The Balaban J connectivity index is 3.08. The molecule has 0 bridgehead atoms. The van der Waals surface area contributed by atoms with E-state index in [-0.39, 0.29) is 19.8 Å². The Morgan fingerprint density at radius 2 is 1.92 bits per heavy atom. The molecule has 5 nitrogen and oxygen atoms in total. The van der Waals surface area contributed by atoms with Gasteiger partial charge in [-0.25, -0.2) is 4.79 Å². The molecular formula is C7H14O5. The predicted molar refractivity (Wildman–Crippen MR) is 40.9 cm³/mol. The number of carbonyl (C=O) groups excluding carboxylic acids is 1. The van der Waals surface area contributed by atoms with Gasteiger partial charge >= 0.3 is 6.16 Å². The second-order valence-electron chi connectivity index (χ2n) is 1.87. The van der Waals surface area contributed by atoms with E-state index in [1.807, 2.05) is 6.92 Å². The van der Waals surface area contributed by atoms with E-state index in [1.54, 1.807) is 0 Å². The molecule has 0 aromatic heterocycles. The minimum absolute atomic E-state index is 0.0343. The minimum Gasteiger partial charge on any atom is -0.432 e. The van der Waals surface area contributed by atoms with Crippen LogP contribution in [0.3, 0.4) is 0 Å². The van der Waals surface area contributed by atoms with E-state index < -0.39 is 6.16 Å². The molecule has 0 heterocycles. The van der Waals surface area contributed by atoms with Gasteiger partial charge in [-0.2, -0.15) is 0 Å². The van der Waals surface area contributed by atoms with Crippen molar-refractivity contribution in [3.63, 3.8) is 0 Å². The normalized spacial score (nSPS) is 9.50. The van der Waals surface area contributed by atoms with Crippen LogP contribution >= 0.6 is 0 Å². The fraction of sp³-hybridized carbons (Fsp3) is 0.857. The maximum Gasteiger partial charge on any atom is 0.508 e. The molecule has 0 fully saturated rings. The molecule has 1 N–H and O–H groups in total. The summed E-state index contributed by atoms with van der Waals surface area (Å²) in [5.41, 5.74) is 0. The van der Waals surface area contributed by atoms with Crippen molar-refractivity contribution in [3.8, 4) is 0 Å². The van der Waals surface area contributed by atoms with Crippen LogP contribution in [0.25, 0.3) is 0 Å². The van der Waals surface area contributed by atoms with Gasteiger partial charge in [0.15, 0.2) is 0 Å². The average molecular weight is 178 g/mol. The van der Waals surface area contributed by atoms with Crippen LogP contribution < -0.4 is 0 Å². The molecule has 0 spiro atoms. The monoisotopic (exact) mass is 178 g/mol. The zero-order valence-electron chi connectivity index (χ0n) is 7.12. The molecule has 0 saturated heterocycles. The van der Waals surface area contributed by atoms with Crippen molar-refractivity contribution in [1.82, 2.24) is 0 Å². The number of hydrogen-bond acceptors (Lipinski definition) is 5. The molecule has 5 heteroatoms. The van der Waals surface area contributed by atoms with Crippen molar-refractivity contribution in [2.75, 3.05) is 33.0 Å². The molecule has 0 saturated carbocycles. The largest absolute Gasteiger partial charge is 0.508 e. The van der Waals surface area contributed by atoms with Gasteiger partial charge in [0, 0.05) is 6.61 Å². The van der Waals surface area contributed by atoms with E-state index in [9.17, 15) is 4.79 Å². The second kappa shape index (κ2) is 8.29. The Morgan fingerprint density at radius 3 is 2.50 bits per heavy atom. The third-order valence-corrected chi connectivity index (χ3v) is 0.963. The van der Waals surface area contributed by atoms with Crippen LogP contribution in [-0.2, 0) is 14.2 Å². The van der Waals surface area contributed by atoms with Crippen molar-refractivity contribution in [2.45, 2.75) is 6.92 Å². The molecule has 12 heavy (non-hydrogen) atoms. The van der Waals surface area contributed by atoms with Crippen LogP contribution in [0.2, 0.25) is 0 Å². The van der Waals surface area contributed by atoms with Crippen molar-refractivity contribution < 1.29 is 24.1 Å². The standard InChI is InChI=1S/C7H14O5/c1-2-10-5-6-12-7(9)11-4-3-8/h8H,2-6H2,1H3. The van der Waals surface area contributed by atoms with E-state index in [0.717, 1.165) is 0 Å². The van der Waals surface area contributed by atoms with E-state index in [2.05, 4.69) is 9.47 Å². The SMILES string of the molecule is CCOCCOC(=O)OCCO.